The van der Waals surface area contributed by atoms with Crippen molar-refractivity contribution in [3.63, 3.8) is 0 Å². The van der Waals surface area contributed by atoms with Gasteiger partial charge in [0.15, 0.2) is 0 Å². The zero-order valence-electron chi connectivity index (χ0n) is 15.2. The van der Waals surface area contributed by atoms with Crippen molar-refractivity contribution in [1.29, 1.82) is 0 Å². The molecule has 2 aromatic rings. The fraction of sp³-hybridized carbons (Fsp3) is 0.409. The number of alkyl halides is 1. The monoisotopic (exact) mass is 369 g/mol. The first-order valence-corrected chi connectivity index (χ1v) is 9.48. The summed E-state index contributed by atoms with van der Waals surface area (Å²) in [5.41, 5.74) is -0.580. The van der Waals surface area contributed by atoms with E-state index < -0.39 is 18.2 Å². The van der Waals surface area contributed by atoms with E-state index in [1.165, 1.54) is 0 Å². The Morgan fingerprint density at radius 3 is 2.26 bits per heavy atom. The Hall–Kier alpha value is -2.24. The zero-order valence-corrected chi connectivity index (χ0v) is 15.2. The molecule has 3 aliphatic heterocycles. The molecule has 0 radical (unpaired) electrons. The number of piperidine rings is 3. The van der Waals surface area contributed by atoms with Crippen molar-refractivity contribution < 1.29 is 19.0 Å². The van der Waals surface area contributed by atoms with E-state index in [1.807, 2.05) is 6.07 Å². The Morgan fingerprint density at radius 1 is 1.07 bits per heavy atom. The lowest BCUT2D eigenvalue weighted by Gasteiger charge is -2.44. The SMILES string of the molecule is O=C(OC1CN2CCC1CC2)[C@@](O)(c1ccccc1)c1ccc(CF)cc1. The second-order valence-electron chi connectivity index (χ2n) is 7.49. The van der Waals surface area contributed by atoms with Gasteiger partial charge in [-0.15, -0.1) is 0 Å². The Kier molecular flexibility index (Phi) is 4.98. The van der Waals surface area contributed by atoms with E-state index in [9.17, 15) is 14.3 Å². The van der Waals surface area contributed by atoms with Crippen molar-refractivity contribution in [2.24, 2.45) is 5.92 Å². The van der Waals surface area contributed by atoms with Gasteiger partial charge in [0.05, 0.1) is 0 Å². The van der Waals surface area contributed by atoms with Gasteiger partial charge in [-0.1, -0.05) is 54.6 Å². The van der Waals surface area contributed by atoms with E-state index in [1.54, 1.807) is 48.5 Å². The smallest absolute Gasteiger partial charge is 0.348 e. The lowest BCUT2D eigenvalue weighted by Crippen LogP contribution is -2.53. The number of benzene rings is 2. The average Bonchev–Trinajstić information content (AvgIpc) is 2.74. The van der Waals surface area contributed by atoms with Gasteiger partial charge in [-0.05, 0) is 48.5 Å². The molecule has 1 N–H and O–H groups in total. The Labute approximate surface area is 158 Å². The zero-order chi connectivity index (χ0) is 18.9. The van der Waals surface area contributed by atoms with E-state index >= 15 is 0 Å². The summed E-state index contributed by atoms with van der Waals surface area (Å²) < 4.78 is 18.7. The van der Waals surface area contributed by atoms with Crippen LogP contribution in [-0.2, 0) is 21.8 Å². The first-order chi connectivity index (χ1) is 13.1. The highest BCUT2D eigenvalue weighted by Gasteiger charge is 2.45. The highest BCUT2D eigenvalue weighted by atomic mass is 19.1. The van der Waals surface area contributed by atoms with Crippen molar-refractivity contribution in [3.8, 4) is 0 Å². The van der Waals surface area contributed by atoms with Gasteiger partial charge in [-0.3, -0.25) is 4.90 Å². The lowest BCUT2D eigenvalue weighted by molar-refractivity contribution is -0.177. The van der Waals surface area contributed by atoms with E-state index in [4.69, 9.17) is 4.74 Å². The predicted molar refractivity (Wildman–Crippen MR) is 99.7 cm³/mol. The van der Waals surface area contributed by atoms with Crippen molar-refractivity contribution in [3.05, 3.63) is 71.3 Å². The van der Waals surface area contributed by atoms with Gasteiger partial charge in [0, 0.05) is 6.54 Å². The van der Waals surface area contributed by atoms with Crippen LogP contribution in [0.3, 0.4) is 0 Å². The lowest BCUT2D eigenvalue weighted by atomic mass is 9.84. The van der Waals surface area contributed by atoms with Gasteiger partial charge in [-0.2, -0.15) is 0 Å². The maximum absolute atomic E-state index is 13.2. The molecule has 0 aromatic heterocycles. The van der Waals surface area contributed by atoms with Crippen LogP contribution in [-0.4, -0.2) is 41.7 Å². The molecule has 2 aromatic carbocycles. The summed E-state index contributed by atoms with van der Waals surface area (Å²) in [6, 6.07) is 15.2. The molecule has 0 aliphatic carbocycles. The van der Waals surface area contributed by atoms with Crippen molar-refractivity contribution in [2.75, 3.05) is 19.6 Å². The van der Waals surface area contributed by atoms with Crippen LogP contribution >= 0.6 is 0 Å². The van der Waals surface area contributed by atoms with Crippen molar-refractivity contribution >= 4 is 5.97 Å². The fourth-order valence-corrected chi connectivity index (χ4v) is 4.18. The maximum atomic E-state index is 13.2. The van der Waals surface area contributed by atoms with Crippen LogP contribution in [0.15, 0.2) is 54.6 Å². The molecule has 0 spiro atoms. The Balaban J connectivity index is 1.66. The maximum Gasteiger partial charge on any atom is 0.348 e. The molecular weight excluding hydrogens is 345 g/mol. The normalized spacial score (nSPS) is 26.4. The molecule has 5 rings (SSSR count). The van der Waals surface area contributed by atoms with Gasteiger partial charge < -0.3 is 9.84 Å². The second-order valence-corrected chi connectivity index (χ2v) is 7.49. The van der Waals surface area contributed by atoms with E-state index in [-0.39, 0.29) is 6.10 Å². The summed E-state index contributed by atoms with van der Waals surface area (Å²) in [6.45, 7) is 2.23. The third-order valence-electron chi connectivity index (χ3n) is 5.87. The summed E-state index contributed by atoms with van der Waals surface area (Å²) in [4.78, 5) is 15.5. The number of esters is 1. The van der Waals surface area contributed by atoms with E-state index in [0.29, 0.717) is 22.6 Å². The molecular formula is C22H24FNO3. The number of carbonyl (C=O) groups is 1. The first-order valence-electron chi connectivity index (χ1n) is 9.48. The largest absolute Gasteiger partial charge is 0.458 e. The van der Waals surface area contributed by atoms with Gasteiger partial charge in [0.2, 0.25) is 5.60 Å². The van der Waals surface area contributed by atoms with Crippen molar-refractivity contribution in [2.45, 2.75) is 31.2 Å². The summed E-state index contributed by atoms with van der Waals surface area (Å²) in [7, 11) is 0. The Bertz CT molecular complexity index is 787. The molecule has 0 saturated carbocycles. The van der Waals surface area contributed by atoms with Crippen LogP contribution in [0.4, 0.5) is 4.39 Å². The van der Waals surface area contributed by atoms with Crippen LogP contribution in [0.5, 0.6) is 0 Å². The number of halogens is 1. The number of nitrogens with zero attached hydrogens (tertiary/aromatic N) is 1. The topological polar surface area (TPSA) is 49.8 Å². The first kappa shape index (κ1) is 18.1. The molecule has 0 amide bonds. The molecule has 5 heteroatoms. The Morgan fingerprint density at radius 2 is 1.70 bits per heavy atom. The number of ether oxygens (including phenoxy) is 1. The molecule has 3 aliphatic rings. The fourth-order valence-electron chi connectivity index (χ4n) is 4.18. The highest BCUT2D eigenvalue weighted by molar-refractivity contribution is 5.85. The predicted octanol–water partition coefficient (Wildman–Crippen LogP) is 3.03. The quantitative estimate of drug-likeness (QED) is 0.823. The summed E-state index contributed by atoms with van der Waals surface area (Å²) in [5, 5.41) is 11.5. The van der Waals surface area contributed by atoms with Crippen molar-refractivity contribution in [1.82, 2.24) is 4.90 Å². The molecule has 1 unspecified atom stereocenters. The van der Waals surface area contributed by atoms with Gasteiger partial charge in [0.25, 0.3) is 0 Å². The number of hydrogen-bond acceptors (Lipinski definition) is 4. The molecule has 142 valence electrons. The number of rotatable bonds is 5. The molecule has 4 nitrogen and oxygen atoms in total. The summed E-state index contributed by atoms with van der Waals surface area (Å²) in [6.07, 6.45) is 1.85. The van der Waals surface area contributed by atoms with Gasteiger partial charge in [0.1, 0.15) is 12.8 Å². The molecule has 3 saturated heterocycles. The van der Waals surface area contributed by atoms with E-state index in [0.717, 1.165) is 32.5 Å². The number of fused-ring (bicyclic) bond motifs is 3. The molecule has 2 bridgehead atoms. The number of aliphatic hydroxyl groups is 1. The second kappa shape index (κ2) is 7.41. The summed E-state index contributed by atoms with van der Waals surface area (Å²) >= 11 is 0. The minimum absolute atomic E-state index is 0.194. The number of hydrogen-bond donors (Lipinski definition) is 1. The molecule has 2 atom stereocenters. The number of carbonyl (C=O) groups excluding carboxylic acids is 1. The highest BCUT2D eigenvalue weighted by Crippen LogP contribution is 2.35. The average molecular weight is 369 g/mol. The van der Waals surface area contributed by atoms with Crippen LogP contribution < -0.4 is 0 Å². The molecule has 3 fully saturated rings. The summed E-state index contributed by atoms with van der Waals surface area (Å²) in [5.74, 6) is -0.312. The third-order valence-corrected chi connectivity index (χ3v) is 5.87. The standard InChI is InChI=1S/C22H24FNO3/c23-14-16-6-8-19(9-7-16)22(26,18-4-2-1-3-5-18)21(25)27-20-15-24-12-10-17(20)11-13-24/h1-9,17,20,26H,10-15H2/t20?,22-/m1/s1. The van der Waals surface area contributed by atoms with Crippen LogP contribution in [0.1, 0.15) is 29.5 Å². The minimum atomic E-state index is -1.91. The van der Waals surface area contributed by atoms with Crippen LogP contribution in [0.25, 0.3) is 0 Å². The molecule has 3 heterocycles. The van der Waals surface area contributed by atoms with Gasteiger partial charge in [-0.25, -0.2) is 9.18 Å². The third kappa shape index (κ3) is 3.37. The van der Waals surface area contributed by atoms with Crippen LogP contribution in [0.2, 0.25) is 0 Å². The van der Waals surface area contributed by atoms with Crippen LogP contribution in [0, 0.1) is 5.92 Å². The minimum Gasteiger partial charge on any atom is -0.458 e. The van der Waals surface area contributed by atoms with E-state index in [2.05, 4.69) is 4.90 Å². The van der Waals surface area contributed by atoms with Gasteiger partial charge >= 0.3 is 5.97 Å². The molecule has 27 heavy (non-hydrogen) atoms.